The molecule has 7 heteroatoms. The molecule has 0 fully saturated rings. The first-order valence-electron chi connectivity index (χ1n) is 5.92. The number of halogens is 4. The van der Waals surface area contributed by atoms with E-state index in [1.54, 1.807) is 0 Å². The summed E-state index contributed by atoms with van der Waals surface area (Å²) in [7, 11) is 0. The molecule has 2 aromatic rings. The molecule has 1 heterocycles. The molecule has 0 aliphatic rings. The summed E-state index contributed by atoms with van der Waals surface area (Å²) in [6.07, 6.45) is -3.98. The first-order chi connectivity index (χ1) is 9.36. The molecule has 0 spiro atoms. The van der Waals surface area contributed by atoms with E-state index in [0.29, 0.717) is 12.1 Å². The molecule has 1 aromatic heterocycles. The van der Waals surface area contributed by atoms with Gasteiger partial charge in [-0.1, -0.05) is 6.92 Å². The highest BCUT2D eigenvalue weighted by Gasteiger charge is 2.34. The van der Waals surface area contributed by atoms with Crippen molar-refractivity contribution in [1.29, 1.82) is 0 Å². The van der Waals surface area contributed by atoms with Gasteiger partial charge in [0, 0.05) is 17.0 Å². The molecule has 0 aliphatic carbocycles. The van der Waals surface area contributed by atoms with E-state index in [1.807, 2.05) is 6.92 Å². The Balaban J connectivity index is 2.62. The second-order valence-corrected chi connectivity index (χ2v) is 5.22. The van der Waals surface area contributed by atoms with Crippen LogP contribution in [0.25, 0.3) is 10.6 Å². The molecule has 2 nitrogen and oxygen atoms in total. The van der Waals surface area contributed by atoms with Crippen LogP contribution in [0.3, 0.4) is 0 Å². The number of nitrogens with two attached hydrogens (primary N) is 1. The van der Waals surface area contributed by atoms with E-state index in [2.05, 4.69) is 4.98 Å². The van der Waals surface area contributed by atoms with E-state index < -0.39 is 17.6 Å². The Bertz CT molecular complexity index is 598. The quantitative estimate of drug-likeness (QED) is 0.871. The smallest absolute Gasteiger partial charge is 0.326 e. The molecule has 2 rings (SSSR count). The highest BCUT2D eigenvalue weighted by atomic mass is 32.1. The van der Waals surface area contributed by atoms with Gasteiger partial charge in [-0.25, -0.2) is 9.37 Å². The zero-order valence-corrected chi connectivity index (χ0v) is 11.4. The molecule has 2 N–H and O–H groups in total. The molecule has 20 heavy (non-hydrogen) atoms. The lowest BCUT2D eigenvalue weighted by Gasteiger charge is -2.10. The minimum atomic E-state index is -4.55. The summed E-state index contributed by atoms with van der Waals surface area (Å²) >= 11 is 1.07. The number of benzene rings is 1. The average Bonchev–Trinajstić information content (AvgIpc) is 2.80. The molecule has 108 valence electrons. The average molecular weight is 304 g/mol. The highest BCUT2D eigenvalue weighted by molar-refractivity contribution is 7.15. The molecule has 0 saturated heterocycles. The summed E-state index contributed by atoms with van der Waals surface area (Å²) in [5, 5.41) is 0.147. The van der Waals surface area contributed by atoms with Gasteiger partial charge in [0.2, 0.25) is 0 Å². The van der Waals surface area contributed by atoms with Crippen LogP contribution in [0.4, 0.5) is 17.6 Å². The first kappa shape index (κ1) is 14.9. The lowest BCUT2D eigenvalue weighted by Crippen LogP contribution is -2.07. The molecule has 0 radical (unpaired) electrons. The van der Waals surface area contributed by atoms with Crippen molar-refractivity contribution < 1.29 is 17.6 Å². The molecular formula is C13H12F4N2S. The van der Waals surface area contributed by atoms with E-state index in [-0.39, 0.29) is 17.1 Å². The van der Waals surface area contributed by atoms with Crippen molar-refractivity contribution in [1.82, 2.24) is 4.98 Å². The van der Waals surface area contributed by atoms with Gasteiger partial charge in [-0.05, 0) is 24.6 Å². The minimum Gasteiger partial charge on any atom is -0.326 e. The van der Waals surface area contributed by atoms with Crippen molar-refractivity contribution in [3.63, 3.8) is 0 Å². The van der Waals surface area contributed by atoms with Gasteiger partial charge >= 0.3 is 6.18 Å². The van der Waals surface area contributed by atoms with Crippen molar-refractivity contribution >= 4 is 11.3 Å². The van der Waals surface area contributed by atoms with E-state index in [9.17, 15) is 17.6 Å². The molecular weight excluding hydrogens is 292 g/mol. The second-order valence-electron chi connectivity index (χ2n) is 4.13. The van der Waals surface area contributed by atoms with Crippen LogP contribution in [0.2, 0.25) is 0 Å². The fourth-order valence-corrected chi connectivity index (χ4v) is 2.93. The Labute approximate surface area is 117 Å². The Hall–Kier alpha value is -1.47. The van der Waals surface area contributed by atoms with E-state index in [4.69, 9.17) is 5.73 Å². The van der Waals surface area contributed by atoms with Gasteiger partial charge in [0.25, 0.3) is 0 Å². The zero-order chi connectivity index (χ0) is 14.9. The molecule has 0 aliphatic heterocycles. The summed E-state index contributed by atoms with van der Waals surface area (Å²) in [6.45, 7) is 2.05. The third kappa shape index (κ3) is 2.83. The lowest BCUT2D eigenvalue weighted by molar-refractivity contribution is -0.137. The maximum atomic E-state index is 13.3. The van der Waals surface area contributed by atoms with E-state index in [0.717, 1.165) is 34.4 Å². The second kappa shape index (κ2) is 5.49. The molecule has 0 atom stereocenters. The first-order valence-corrected chi connectivity index (χ1v) is 6.74. The van der Waals surface area contributed by atoms with Crippen LogP contribution in [0, 0.1) is 5.82 Å². The van der Waals surface area contributed by atoms with Crippen LogP contribution in [-0.2, 0) is 19.1 Å². The Kier molecular flexibility index (Phi) is 4.10. The molecule has 1 aromatic carbocycles. The monoisotopic (exact) mass is 304 g/mol. The van der Waals surface area contributed by atoms with E-state index in [1.165, 1.54) is 0 Å². The number of rotatable bonds is 3. The van der Waals surface area contributed by atoms with Crippen LogP contribution in [-0.4, -0.2) is 4.98 Å². The molecule has 0 unspecified atom stereocenters. The van der Waals surface area contributed by atoms with E-state index >= 15 is 0 Å². The summed E-state index contributed by atoms with van der Waals surface area (Å²) in [5.41, 5.74) is 5.07. The number of nitrogens with zero attached hydrogens (tertiary/aromatic N) is 1. The number of alkyl halides is 3. The van der Waals surface area contributed by atoms with Crippen LogP contribution in [0.5, 0.6) is 0 Å². The van der Waals surface area contributed by atoms with Gasteiger partial charge in [-0.3, -0.25) is 0 Å². The van der Waals surface area contributed by atoms with Gasteiger partial charge in [0.05, 0.1) is 11.3 Å². The predicted octanol–water partition coefficient (Wildman–Crippen LogP) is 3.99. The van der Waals surface area contributed by atoms with Crippen molar-refractivity contribution in [2.75, 3.05) is 0 Å². The largest absolute Gasteiger partial charge is 0.417 e. The lowest BCUT2D eigenvalue weighted by atomic mass is 10.1. The Morgan fingerprint density at radius 2 is 2.00 bits per heavy atom. The summed E-state index contributed by atoms with van der Waals surface area (Å²) in [6, 6.07) is 2.39. The number of hydrogen-bond acceptors (Lipinski definition) is 3. The summed E-state index contributed by atoms with van der Waals surface area (Å²) in [4.78, 5) is 4.88. The van der Waals surface area contributed by atoms with Crippen molar-refractivity contribution in [3.8, 4) is 10.6 Å². The third-order valence-corrected chi connectivity index (χ3v) is 3.97. The van der Waals surface area contributed by atoms with Gasteiger partial charge < -0.3 is 5.73 Å². The van der Waals surface area contributed by atoms with Crippen molar-refractivity contribution in [2.45, 2.75) is 26.1 Å². The fourth-order valence-electron chi connectivity index (χ4n) is 1.87. The third-order valence-electron chi connectivity index (χ3n) is 2.82. The fraction of sp³-hybridized carbons (Fsp3) is 0.308. The van der Waals surface area contributed by atoms with Crippen LogP contribution in [0.1, 0.15) is 23.1 Å². The molecule has 0 bridgehead atoms. The van der Waals surface area contributed by atoms with Gasteiger partial charge in [-0.2, -0.15) is 13.2 Å². The molecule has 0 amide bonds. The highest BCUT2D eigenvalue weighted by Crippen LogP contribution is 2.39. The predicted molar refractivity (Wildman–Crippen MR) is 69.8 cm³/mol. The maximum Gasteiger partial charge on any atom is 0.417 e. The number of aromatic nitrogens is 1. The molecule has 0 saturated carbocycles. The Morgan fingerprint density at radius 1 is 1.30 bits per heavy atom. The normalized spacial score (nSPS) is 11.9. The van der Waals surface area contributed by atoms with Gasteiger partial charge in [0.1, 0.15) is 10.8 Å². The topological polar surface area (TPSA) is 38.9 Å². The van der Waals surface area contributed by atoms with Crippen molar-refractivity contribution in [3.05, 3.63) is 40.2 Å². The minimum absolute atomic E-state index is 0.147. The van der Waals surface area contributed by atoms with Crippen LogP contribution >= 0.6 is 11.3 Å². The number of hydrogen-bond donors (Lipinski definition) is 1. The Morgan fingerprint density at radius 3 is 2.50 bits per heavy atom. The summed E-state index contributed by atoms with van der Waals surface area (Å²) in [5.74, 6) is -0.726. The van der Waals surface area contributed by atoms with Crippen LogP contribution in [0.15, 0.2) is 18.2 Å². The van der Waals surface area contributed by atoms with Crippen molar-refractivity contribution in [2.24, 2.45) is 5.73 Å². The van der Waals surface area contributed by atoms with Crippen LogP contribution < -0.4 is 5.73 Å². The zero-order valence-electron chi connectivity index (χ0n) is 10.6. The maximum absolute atomic E-state index is 13.3. The number of aryl methyl sites for hydroxylation is 1. The summed E-state index contributed by atoms with van der Waals surface area (Å²) < 4.78 is 52.2. The standard InChI is InChI=1S/C13H12F4N2S/c1-2-10-11(6-18)20-12(19-10)8-5-7(14)3-4-9(8)13(15,16)17/h3-5H,2,6,18H2,1H3. The number of thiazole rings is 1. The van der Waals surface area contributed by atoms with Gasteiger partial charge in [0.15, 0.2) is 0 Å². The SMILES string of the molecule is CCc1nc(-c2cc(F)ccc2C(F)(F)F)sc1CN. The van der Waals surface area contributed by atoms with Gasteiger partial charge in [-0.15, -0.1) is 11.3 Å².